The maximum absolute atomic E-state index is 13.4. The highest BCUT2D eigenvalue weighted by Gasteiger charge is 2.33. The first-order chi connectivity index (χ1) is 19.0. The van der Waals surface area contributed by atoms with Crippen molar-refractivity contribution in [1.82, 2.24) is 35.9 Å². The Morgan fingerprint density at radius 2 is 1.52 bits per heavy atom. The highest BCUT2D eigenvalue weighted by Crippen LogP contribution is 2.11. The molecule has 0 aliphatic carbocycles. The van der Waals surface area contributed by atoms with Gasteiger partial charge in [-0.05, 0) is 18.8 Å². The first kappa shape index (κ1) is 31.7. The standard InChI is InChI=1S/C24H39N11O5/c1-3-13(2)19(22(38)34-18(23(39)40)8-15-10-29-12-32-15)35-21(37)17(7-14-9-28-11-31-14)33-20(36)16(25)5-4-6-30-24(26)27/h9-13,16-19H,3-8,25H2,1-2H3,(H,28,31)(H,29,32)(H,33,36)(H,34,38)(H,35,37)(H,39,40)(H4,26,27,30). The lowest BCUT2D eigenvalue weighted by Gasteiger charge is -2.28. The number of amides is 3. The van der Waals surface area contributed by atoms with E-state index in [1.807, 2.05) is 6.92 Å². The molecule has 0 aliphatic rings. The summed E-state index contributed by atoms with van der Waals surface area (Å²) >= 11 is 0. The average Bonchev–Trinajstić information content (AvgIpc) is 3.62. The molecule has 0 bridgehead atoms. The molecule has 2 heterocycles. The molecule has 0 spiro atoms. The minimum Gasteiger partial charge on any atom is -0.480 e. The Balaban J connectivity index is 2.14. The number of nitrogens with one attached hydrogen (secondary N) is 5. The van der Waals surface area contributed by atoms with Gasteiger partial charge in [-0.2, -0.15) is 0 Å². The van der Waals surface area contributed by atoms with Crippen LogP contribution >= 0.6 is 0 Å². The summed E-state index contributed by atoms with van der Waals surface area (Å²) in [5, 5.41) is 17.5. The third-order valence-electron chi connectivity index (χ3n) is 6.30. The van der Waals surface area contributed by atoms with Crippen molar-refractivity contribution < 1.29 is 24.3 Å². The molecule has 16 heteroatoms. The maximum atomic E-state index is 13.4. The molecule has 2 aromatic rings. The summed E-state index contributed by atoms with van der Waals surface area (Å²) in [6.45, 7) is 3.89. The number of rotatable bonds is 17. The molecule has 12 N–H and O–H groups in total. The van der Waals surface area contributed by atoms with Crippen LogP contribution in [-0.4, -0.2) is 85.4 Å². The number of hydrogen-bond donors (Lipinski definition) is 9. The highest BCUT2D eigenvalue weighted by molar-refractivity contribution is 5.94. The molecule has 5 unspecified atom stereocenters. The first-order valence-corrected chi connectivity index (χ1v) is 12.9. The lowest BCUT2D eigenvalue weighted by Crippen LogP contribution is -2.59. The highest BCUT2D eigenvalue weighted by atomic mass is 16.4. The van der Waals surface area contributed by atoms with Crippen LogP contribution < -0.4 is 33.2 Å². The van der Waals surface area contributed by atoms with Gasteiger partial charge in [-0.3, -0.25) is 19.4 Å². The van der Waals surface area contributed by atoms with Crippen LogP contribution in [0.5, 0.6) is 0 Å². The van der Waals surface area contributed by atoms with E-state index in [1.54, 1.807) is 6.92 Å². The van der Waals surface area contributed by atoms with Crippen LogP contribution in [-0.2, 0) is 32.0 Å². The number of nitrogens with two attached hydrogens (primary N) is 3. The Bertz CT molecular complexity index is 1120. The SMILES string of the molecule is CCC(C)C(NC(=O)C(Cc1cnc[nH]1)NC(=O)C(N)CCCN=C(N)N)C(=O)NC(Cc1cnc[nH]1)C(=O)O. The van der Waals surface area contributed by atoms with Gasteiger partial charge in [-0.15, -0.1) is 0 Å². The van der Waals surface area contributed by atoms with E-state index in [1.165, 1.54) is 25.0 Å². The van der Waals surface area contributed by atoms with Crippen LogP contribution in [0.4, 0.5) is 0 Å². The summed E-state index contributed by atoms with van der Waals surface area (Å²) in [5.74, 6) is -3.54. The summed E-state index contributed by atoms with van der Waals surface area (Å²) in [6, 6.07) is -4.36. The van der Waals surface area contributed by atoms with Crippen molar-refractivity contribution in [2.75, 3.05) is 6.54 Å². The zero-order chi connectivity index (χ0) is 29.7. The number of aliphatic imine (C=N–C) groups is 1. The van der Waals surface area contributed by atoms with E-state index in [0.717, 1.165) is 0 Å². The van der Waals surface area contributed by atoms with Crippen LogP contribution in [0.15, 0.2) is 30.0 Å². The van der Waals surface area contributed by atoms with Crippen LogP contribution in [0, 0.1) is 5.92 Å². The van der Waals surface area contributed by atoms with E-state index in [0.29, 0.717) is 30.8 Å². The quantitative estimate of drug-likeness (QED) is 0.0575. The van der Waals surface area contributed by atoms with E-state index in [9.17, 15) is 24.3 Å². The molecule has 0 radical (unpaired) electrons. The van der Waals surface area contributed by atoms with Gasteiger partial charge in [-0.25, -0.2) is 14.8 Å². The molecule has 0 fully saturated rings. The number of carboxylic acids is 1. The molecule has 5 atom stereocenters. The Hall–Kier alpha value is -4.47. The smallest absolute Gasteiger partial charge is 0.326 e. The zero-order valence-corrected chi connectivity index (χ0v) is 22.6. The topological polar surface area (TPSA) is 272 Å². The number of aromatic nitrogens is 4. The molecule has 40 heavy (non-hydrogen) atoms. The van der Waals surface area contributed by atoms with Crippen molar-refractivity contribution in [2.45, 2.75) is 70.1 Å². The van der Waals surface area contributed by atoms with E-state index in [2.05, 4.69) is 40.9 Å². The van der Waals surface area contributed by atoms with Gasteiger partial charge in [0.25, 0.3) is 0 Å². The number of imidazole rings is 2. The summed E-state index contributed by atoms with van der Waals surface area (Å²) in [7, 11) is 0. The van der Waals surface area contributed by atoms with Gasteiger partial charge in [0.1, 0.15) is 18.1 Å². The van der Waals surface area contributed by atoms with Crippen LogP contribution in [0.25, 0.3) is 0 Å². The minimum absolute atomic E-state index is 0.0260. The molecule has 16 nitrogen and oxygen atoms in total. The molecule has 0 aliphatic heterocycles. The van der Waals surface area contributed by atoms with E-state index in [4.69, 9.17) is 17.2 Å². The van der Waals surface area contributed by atoms with Crippen LogP contribution in [0.3, 0.4) is 0 Å². The van der Waals surface area contributed by atoms with Gasteiger partial charge in [0.05, 0.1) is 18.7 Å². The third-order valence-corrected chi connectivity index (χ3v) is 6.30. The van der Waals surface area contributed by atoms with Gasteiger partial charge in [-0.1, -0.05) is 20.3 Å². The van der Waals surface area contributed by atoms with E-state index < -0.39 is 47.9 Å². The predicted octanol–water partition coefficient (Wildman–Crippen LogP) is -2.12. The Kier molecular flexibility index (Phi) is 12.6. The lowest BCUT2D eigenvalue weighted by molar-refractivity contribution is -0.142. The van der Waals surface area contributed by atoms with Crippen molar-refractivity contribution in [3.05, 3.63) is 36.4 Å². The largest absolute Gasteiger partial charge is 0.480 e. The van der Waals surface area contributed by atoms with E-state index >= 15 is 0 Å². The Morgan fingerprint density at radius 3 is 2.02 bits per heavy atom. The molecule has 2 aromatic heterocycles. The predicted molar refractivity (Wildman–Crippen MR) is 145 cm³/mol. The second-order valence-corrected chi connectivity index (χ2v) is 9.45. The van der Waals surface area contributed by atoms with Crippen molar-refractivity contribution in [2.24, 2.45) is 28.1 Å². The van der Waals surface area contributed by atoms with Crippen molar-refractivity contribution >= 4 is 29.7 Å². The van der Waals surface area contributed by atoms with Gasteiger partial charge >= 0.3 is 5.97 Å². The summed E-state index contributed by atoms with van der Waals surface area (Å²) in [4.78, 5) is 68.6. The van der Waals surface area contributed by atoms with Gasteiger partial charge in [0.15, 0.2) is 5.96 Å². The van der Waals surface area contributed by atoms with Crippen molar-refractivity contribution in [1.29, 1.82) is 0 Å². The van der Waals surface area contributed by atoms with Crippen molar-refractivity contribution in [3.8, 4) is 0 Å². The maximum Gasteiger partial charge on any atom is 0.326 e. The Labute approximate surface area is 231 Å². The monoisotopic (exact) mass is 561 g/mol. The van der Waals surface area contributed by atoms with E-state index in [-0.39, 0.29) is 31.1 Å². The number of aromatic amines is 2. The average molecular weight is 562 g/mol. The molecule has 0 saturated carbocycles. The molecule has 0 saturated heterocycles. The molecular formula is C24H39N11O5. The second-order valence-electron chi connectivity index (χ2n) is 9.45. The summed E-state index contributed by atoms with van der Waals surface area (Å²) in [5.41, 5.74) is 17.7. The fourth-order valence-electron chi connectivity index (χ4n) is 3.79. The second kappa shape index (κ2) is 15.8. The molecule has 0 aromatic carbocycles. The van der Waals surface area contributed by atoms with Crippen LogP contribution in [0.2, 0.25) is 0 Å². The van der Waals surface area contributed by atoms with Gasteiger partial charge in [0, 0.05) is 43.2 Å². The minimum atomic E-state index is -1.26. The van der Waals surface area contributed by atoms with Gasteiger partial charge in [0.2, 0.25) is 17.7 Å². The normalized spacial score (nSPS) is 14.7. The number of aliphatic carboxylic acids is 1. The number of carbonyl (C=O) groups excluding carboxylic acids is 3. The summed E-state index contributed by atoms with van der Waals surface area (Å²) < 4.78 is 0. The number of carboxylic acid groups (broad SMARTS) is 1. The third kappa shape index (κ3) is 10.4. The molecule has 3 amide bonds. The number of H-pyrrole nitrogens is 2. The fraction of sp³-hybridized carbons (Fsp3) is 0.542. The Morgan fingerprint density at radius 1 is 0.950 bits per heavy atom. The molecule has 220 valence electrons. The number of guanidine groups is 1. The fourth-order valence-corrected chi connectivity index (χ4v) is 3.79. The number of carbonyl (C=O) groups is 4. The van der Waals surface area contributed by atoms with Gasteiger partial charge < -0.3 is 48.2 Å². The molecular weight excluding hydrogens is 522 g/mol. The number of nitrogens with zero attached hydrogens (tertiary/aromatic N) is 3. The number of hydrogen-bond acceptors (Lipinski definition) is 8. The molecule has 2 rings (SSSR count). The van der Waals surface area contributed by atoms with Crippen molar-refractivity contribution in [3.63, 3.8) is 0 Å². The van der Waals surface area contributed by atoms with Crippen LogP contribution in [0.1, 0.15) is 44.5 Å². The first-order valence-electron chi connectivity index (χ1n) is 12.9. The lowest BCUT2D eigenvalue weighted by atomic mass is 9.96. The summed E-state index contributed by atoms with van der Waals surface area (Å²) in [6.07, 6.45) is 7.05. The zero-order valence-electron chi connectivity index (χ0n) is 22.6.